The number of halogens is 2. The van der Waals surface area contributed by atoms with Gasteiger partial charge in [0.2, 0.25) is 0 Å². The van der Waals surface area contributed by atoms with Gasteiger partial charge in [-0.2, -0.15) is 0 Å². The third-order valence-electron chi connectivity index (χ3n) is 1.08. The van der Waals surface area contributed by atoms with Gasteiger partial charge in [-0.15, -0.1) is 0 Å². The highest BCUT2D eigenvalue weighted by atomic mass is 35.5. The van der Waals surface area contributed by atoms with Crippen LogP contribution in [0.4, 0.5) is 10.1 Å². The molecule has 0 aliphatic carbocycles. The van der Waals surface area contributed by atoms with E-state index < -0.39 is 6.67 Å². The van der Waals surface area contributed by atoms with Gasteiger partial charge in [-0.25, -0.2) is 4.39 Å². The van der Waals surface area contributed by atoms with Gasteiger partial charge < -0.3 is 5.73 Å². The highest BCUT2D eigenvalue weighted by Crippen LogP contribution is 2.17. The molecule has 2 N–H and O–H groups in total. The number of hydrogen-bond donors (Lipinski definition) is 1. The minimum absolute atomic E-state index is 0.307. The Labute approximate surface area is 62.8 Å². The van der Waals surface area contributed by atoms with Crippen molar-refractivity contribution in [3.05, 3.63) is 23.0 Å². The lowest BCUT2D eigenvalue weighted by Crippen LogP contribution is -1.91. The Morgan fingerprint density at radius 1 is 1.70 bits per heavy atom. The Hall–Kier alpha value is -0.830. The number of aromatic nitrogens is 1. The zero-order valence-corrected chi connectivity index (χ0v) is 5.90. The minimum atomic E-state index is -0.610. The molecule has 0 aliphatic rings. The zero-order chi connectivity index (χ0) is 7.56. The van der Waals surface area contributed by atoms with Gasteiger partial charge in [-0.05, 0) is 6.07 Å². The Morgan fingerprint density at radius 3 is 2.90 bits per heavy atom. The molecule has 0 radical (unpaired) electrons. The molecule has 1 aromatic rings. The number of nitrogens with zero attached hydrogens (tertiary/aromatic N) is 1. The molecule has 0 fully saturated rings. The average Bonchev–Trinajstić information content (AvgIpc) is 1.95. The smallest absolute Gasteiger partial charge is 0.131 e. The molecule has 4 heteroatoms. The lowest BCUT2D eigenvalue weighted by Gasteiger charge is -1.97. The van der Waals surface area contributed by atoms with Crippen LogP contribution in [0.1, 0.15) is 5.69 Å². The summed E-state index contributed by atoms with van der Waals surface area (Å²) in [6, 6.07) is 1.42. The first-order chi connectivity index (χ1) is 4.74. The fourth-order valence-corrected chi connectivity index (χ4v) is 0.676. The van der Waals surface area contributed by atoms with Gasteiger partial charge in [0, 0.05) is 6.20 Å². The fourth-order valence-electron chi connectivity index (χ4n) is 0.573. The van der Waals surface area contributed by atoms with E-state index in [4.69, 9.17) is 17.3 Å². The van der Waals surface area contributed by atoms with Gasteiger partial charge in [0.15, 0.2) is 0 Å². The van der Waals surface area contributed by atoms with Gasteiger partial charge in [-0.1, -0.05) is 11.6 Å². The van der Waals surface area contributed by atoms with Crippen molar-refractivity contribution in [2.45, 2.75) is 6.67 Å². The highest BCUT2D eigenvalue weighted by molar-refractivity contribution is 6.32. The summed E-state index contributed by atoms with van der Waals surface area (Å²) < 4.78 is 11.9. The summed E-state index contributed by atoms with van der Waals surface area (Å²) in [5, 5.41) is 0.359. The number of alkyl halides is 1. The van der Waals surface area contributed by atoms with Gasteiger partial charge in [0.05, 0.1) is 16.4 Å². The summed E-state index contributed by atoms with van der Waals surface area (Å²) >= 11 is 5.53. The fraction of sp³-hybridized carbons (Fsp3) is 0.167. The van der Waals surface area contributed by atoms with Crippen LogP contribution in [-0.2, 0) is 6.67 Å². The molecule has 0 unspecified atom stereocenters. The van der Waals surface area contributed by atoms with Crippen molar-refractivity contribution >= 4 is 17.3 Å². The molecule has 0 saturated carbocycles. The van der Waals surface area contributed by atoms with E-state index in [-0.39, 0.29) is 0 Å². The second-order valence-corrected chi connectivity index (χ2v) is 2.24. The Bertz CT molecular complexity index is 239. The predicted octanol–water partition coefficient (Wildman–Crippen LogP) is 1.79. The highest BCUT2D eigenvalue weighted by Gasteiger charge is 1.97. The topological polar surface area (TPSA) is 38.9 Å². The van der Waals surface area contributed by atoms with Crippen LogP contribution in [0.5, 0.6) is 0 Å². The third-order valence-corrected chi connectivity index (χ3v) is 1.39. The van der Waals surface area contributed by atoms with Gasteiger partial charge in [0.1, 0.15) is 6.67 Å². The molecule has 0 amide bonds. The van der Waals surface area contributed by atoms with Crippen molar-refractivity contribution in [2.75, 3.05) is 5.73 Å². The molecule has 54 valence electrons. The molecule has 0 aromatic carbocycles. The van der Waals surface area contributed by atoms with E-state index in [9.17, 15) is 4.39 Å². The molecule has 0 spiro atoms. The SMILES string of the molecule is Nc1cc(CF)ncc1Cl. The van der Waals surface area contributed by atoms with Crippen molar-refractivity contribution in [1.29, 1.82) is 0 Å². The maximum Gasteiger partial charge on any atom is 0.131 e. The number of nitrogens with two attached hydrogens (primary N) is 1. The van der Waals surface area contributed by atoms with E-state index in [0.717, 1.165) is 0 Å². The van der Waals surface area contributed by atoms with Crippen LogP contribution in [0.3, 0.4) is 0 Å². The Balaban J connectivity index is 3.04. The molecule has 2 nitrogen and oxygen atoms in total. The summed E-state index contributed by atoms with van der Waals surface area (Å²) in [5.74, 6) is 0. The number of hydrogen-bond acceptors (Lipinski definition) is 2. The van der Waals surface area contributed by atoms with Crippen molar-refractivity contribution in [3.8, 4) is 0 Å². The first-order valence-corrected chi connectivity index (χ1v) is 3.07. The van der Waals surface area contributed by atoms with Crippen LogP contribution in [0.15, 0.2) is 12.3 Å². The van der Waals surface area contributed by atoms with Crippen molar-refractivity contribution in [1.82, 2.24) is 4.98 Å². The molecule has 0 aliphatic heterocycles. The Morgan fingerprint density at radius 2 is 2.40 bits per heavy atom. The van der Waals surface area contributed by atoms with Crippen LogP contribution in [0.2, 0.25) is 5.02 Å². The molecule has 1 aromatic heterocycles. The lowest BCUT2D eigenvalue weighted by atomic mass is 10.3. The molecular weight excluding hydrogens is 155 g/mol. The van der Waals surface area contributed by atoms with E-state index >= 15 is 0 Å². The maximum atomic E-state index is 11.9. The predicted molar refractivity (Wildman–Crippen MR) is 38.5 cm³/mol. The van der Waals surface area contributed by atoms with E-state index in [1.54, 1.807) is 0 Å². The number of nitrogen functional groups attached to an aromatic ring is 1. The lowest BCUT2D eigenvalue weighted by molar-refractivity contribution is 0.476. The quantitative estimate of drug-likeness (QED) is 0.680. The van der Waals surface area contributed by atoms with Crippen molar-refractivity contribution in [2.24, 2.45) is 0 Å². The molecule has 1 rings (SSSR count). The van der Waals surface area contributed by atoms with E-state index in [2.05, 4.69) is 4.98 Å². The number of anilines is 1. The van der Waals surface area contributed by atoms with Crippen molar-refractivity contribution in [3.63, 3.8) is 0 Å². The van der Waals surface area contributed by atoms with E-state index in [0.29, 0.717) is 16.4 Å². The number of pyridine rings is 1. The summed E-state index contributed by atoms with van der Waals surface area (Å²) in [4.78, 5) is 3.67. The summed E-state index contributed by atoms with van der Waals surface area (Å²) in [5.41, 5.74) is 6.03. The molecule has 1 heterocycles. The largest absolute Gasteiger partial charge is 0.397 e. The summed E-state index contributed by atoms with van der Waals surface area (Å²) in [6.45, 7) is -0.610. The van der Waals surface area contributed by atoms with E-state index in [1.165, 1.54) is 12.3 Å². The second kappa shape index (κ2) is 2.84. The first-order valence-electron chi connectivity index (χ1n) is 2.70. The molecule has 10 heavy (non-hydrogen) atoms. The van der Waals surface area contributed by atoms with E-state index in [1.807, 2.05) is 0 Å². The standard InChI is InChI=1S/C6H6ClFN2/c7-5-3-10-4(2-8)1-6(5)9/h1,3H,2H2,(H2,9,10). The van der Waals surface area contributed by atoms with Crippen molar-refractivity contribution < 1.29 is 4.39 Å². The van der Waals surface area contributed by atoms with Gasteiger partial charge in [-0.3, -0.25) is 4.98 Å². The average molecular weight is 161 g/mol. The molecule has 0 saturated heterocycles. The van der Waals surface area contributed by atoms with Crippen LogP contribution in [0, 0.1) is 0 Å². The molecule has 0 bridgehead atoms. The molecule has 0 atom stereocenters. The Kier molecular flexibility index (Phi) is 2.06. The second-order valence-electron chi connectivity index (χ2n) is 1.83. The van der Waals surface area contributed by atoms with Crippen LogP contribution in [0.25, 0.3) is 0 Å². The number of rotatable bonds is 1. The summed E-state index contributed by atoms with van der Waals surface area (Å²) in [6.07, 6.45) is 1.34. The van der Waals surface area contributed by atoms with Gasteiger partial charge >= 0.3 is 0 Å². The maximum absolute atomic E-state index is 11.9. The molecular formula is C6H6ClFN2. The van der Waals surface area contributed by atoms with Crippen LogP contribution < -0.4 is 5.73 Å². The van der Waals surface area contributed by atoms with Crippen LogP contribution in [-0.4, -0.2) is 4.98 Å². The first kappa shape index (κ1) is 7.28. The third kappa shape index (κ3) is 1.36. The van der Waals surface area contributed by atoms with Crippen LogP contribution >= 0.6 is 11.6 Å². The minimum Gasteiger partial charge on any atom is -0.397 e. The normalized spacial score (nSPS) is 9.80. The monoisotopic (exact) mass is 160 g/mol. The summed E-state index contributed by atoms with van der Waals surface area (Å²) in [7, 11) is 0. The van der Waals surface area contributed by atoms with Gasteiger partial charge in [0.25, 0.3) is 0 Å². The zero-order valence-electron chi connectivity index (χ0n) is 5.14.